The predicted octanol–water partition coefficient (Wildman–Crippen LogP) is 3.61. The van der Waals surface area contributed by atoms with Gasteiger partial charge in [-0.05, 0) is 23.6 Å². The van der Waals surface area contributed by atoms with Crippen molar-refractivity contribution >= 4 is 16.6 Å². The maximum Gasteiger partial charge on any atom is 0.214 e. The van der Waals surface area contributed by atoms with Crippen molar-refractivity contribution in [3.63, 3.8) is 0 Å². The van der Waals surface area contributed by atoms with Gasteiger partial charge in [-0.2, -0.15) is 0 Å². The quantitative estimate of drug-likeness (QED) is 0.688. The summed E-state index contributed by atoms with van der Waals surface area (Å²) in [5.41, 5.74) is 0.233. The number of hydrogen-bond acceptors (Lipinski definition) is 3. The minimum atomic E-state index is -0.617. The number of pyridine rings is 1. The van der Waals surface area contributed by atoms with Gasteiger partial charge >= 0.3 is 0 Å². The summed E-state index contributed by atoms with van der Waals surface area (Å²) in [6, 6.07) is 13.4. The van der Waals surface area contributed by atoms with Crippen LogP contribution in [-0.2, 0) is 0 Å². The van der Waals surface area contributed by atoms with Crippen molar-refractivity contribution in [3.05, 3.63) is 71.8 Å². The Morgan fingerprint density at radius 2 is 1.95 bits per heavy atom. The molecule has 4 heteroatoms. The van der Waals surface area contributed by atoms with Crippen molar-refractivity contribution in [2.75, 3.05) is 7.11 Å². The fraction of sp³-hybridized carbons (Fsp3) is 0.0588. The van der Waals surface area contributed by atoms with Crippen LogP contribution >= 0.6 is 0 Å². The van der Waals surface area contributed by atoms with E-state index in [0.29, 0.717) is 11.1 Å². The highest BCUT2D eigenvalue weighted by atomic mass is 19.1. The Morgan fingerprint density at radius 1 is 1.14 bits per heavy atom. The first-order chi connectivity index (χ1) is 10.2. The van der Waals surface area contributed by atoms with Crippen LogP contribution in [0.15, 0.2) is 54.7 Å². The van der Waals surface area contributed by atoms with E-state index in [1.807, 2.05) is 24.3 Å². The molecule has 3 rings (SSSR count). The molecular formula is C17H12FNO2. The molecule has 3 aromatic rings. The number of benzene rings is 2. The van der Waals surface area contributed by atoms with E-state index in [9.17, 15) is 9.18 Å². The van der Waals surface area contributed by atoms with Crippen LogP contribution in [0.4, 0.5) is 4.39 Å². The highest BCUT2D eigenvalue weighted by Gasteiger charge is 2.18. The van der Waals surface area contributed by atoms with Crippen molar-refractivity contribution in [1.82, 2.24) is 4.98 Å². The van der Waals surface area contributed by atoms with Crippen LogP contribution in [0.3, 0.4) is 0 Å². The summed E-state index contributed by atoms with van der Waals surface area (Å²) in [5.74, 6) is -0.684. The van der Waals surface area contributed by atoms with Gasteiger partial charge in [0, 0.05) is 17.6 Å². The van der Waals surface area contributed by atoms with Crippen LogP contribution in [-0.4, -0.2) is 17.9 Å². The summed E-state index contributed by atoms with van der Waals surface area (Å²) in [4.78, 5) is 16.7. The molecular weight excluding hydrogens is 269 g/mol. The molecule has 104 valence electrons. The van der Waals surface area contributed by atoms with E-state index in [1.54, 1.807) is 18.3 Å². The van der Waals surface area contributed by atoms with E-state index < -0.39 is 11.6 Å². The average Bonchev–Trinajstić information content (AvgIpc) is 2.53. The summed E-state index contributed by atoms with van der Waals surface area (Å²) in [6.07, 6.45) is 1.55. The largest absolute Gasteiger partial charge is 0.497 e. The molecule has 2 aromatic carbocycles. The van der Waals surface area contributed by atoms with Gasteiger partial charge in [0.25, 0.3) is 0 Å². The number of nitrogens with zero attached hydrogens (tertiary/aromatic N) is 1. The molecule has 0 atom stereocenters. The van der Waals surface area contributed by atoms with Crippen molar-refractivity contribution < 1.29 is 13.9 Å². The summed E-state index contributed by atoms with van der Waals surface area (Å²) in [7, 11) is 1.45. The Hall–Kier alpha value is -2.75. The molecule has 0 radical (unpaired) electrons. The number of carbonyl (C=O) groups excluding carboxylic acids is 1. The molecule has 0 aliphatic heterocycles. The Bertz CT molecular complexity index is 825. The number of methoxy groups -OCH3 is 1. The third kappa shape index (κ3) is 2.36. The predicted molar refractivity (Wildman–Crippen MR) is 78.1 cm³/mol. The lowest BCUT2D eigenvalue weighted by Gasteiger charge is -2.07. The van der Waals surface area contributed by atoms with Crippen molar-refractivity contribution in [3.8, 4) is 5.75 Å². The van der Waals surface area contributed by atoms with E-state index in [0.717, 1.165) is 5.39 Å². The summed E-state index contributed by atoms with van der Waals surface area (Å²) >= 11 is 0. The third-order valence-corrected chi connectivity index (χ3v) is 3.31. The molecule has 0 unspecified atom stereocenters. The van der Waals surface area contributed by atoms with Crippen LogP contribution in [0.2, 0.25) is 0 Å². The topological polar surface area (TPSA) is 39.2 Å². The molecule has 0 saturated heterocycles. The molecule has 0 fully saturated rings. The van der Waals surface area contributed by atoms with E-state index in [2.05, 4.69) is 4.98 Å². The summed E-state index contributed by atoms with van der Waals surface area (Å²) < 4.78 is 19.0. The Kier molecular flexibility index (Phi) is 3.36. The van der Waals surface area contributed by atoms with Gasteiger partial charge in [0.2, 0.25) is 5.78 Å². The fourth-order valence-corrected chi connectivity index (χ4v) is 2.24. The van der Waals surface area contributed by atoms with E-state index >= 15 is 0 Å². The van der Waals surface area contributed by atoms with E-state index in [4.69, 9.17) is 4.74 Å². The van der Waals surface area contributed by atoms with Gasteiger partial charge in [-0.15, -0.1) is 0 Å². The number of rotatable bonds is 3. The lowest BCUT2D eigenvalue weighted by atomic mass is 10.0. The monoisotopic (exact) mass is 281 g/mol. The zero-order valence-electron chi connectivity index (χ0n) is 11.3. The molecule has 0 N–H and O–H groups in total. The van der Waals surface area contributed by atoms with Gasteiger partial charge in [0.15, 0.2) is 0 Å². The molecule has 0 aliphatic rings. The molecule has 21 heavy (non-hydrogen) atoms. The van der Waals surface area contributed by atoms with Crippen LogP contribution in [0.25, 0.3) is 10.8 Å². The second-order valence-corrected chi connectivity index (χ2v) is 4.56. The standard InChI is InChI=1S/C17H12FNO2/c1-21-12-6-7-14(15(18)10-12)17(20)16-13-5-3-2-4-11(13)8-9-19-16/h2-10H,1H3. The van der Waals surface area contributed by atoms with Gasteiger partial charge in [-0.1, -0.05) is 24.3 Å². The Morgan fingerprint density at radius 3 is 2.71 bits per heavy atom. The van der Waals surface area contributed by atoms with Crippen molar-refractivity contribution in [2.24, 2.45) is 0 Å². The zero-order valence-corrected chi connectivity index (χ0v) is 11.3. The normalized spacial score (nSPS) is 10.6. The van der Waals surface area contributed by atoms with Gasteiger partial charge in [0.1, 0.15) is 17.3 Å². The first kappa shape index (κ1) is 13.2. The van der Waals surface area contributed by atoms with Gasteiger partial charge in [-0.3, -0.25) is 9.78 Å². The second-order valence-electron chi connectivity index (χ2n) is 4.56. The number of halogens is 1. The second kappa shape index (κ2) is 5.32. The zero-order chi connectivity index (χ0) is 14.8. The lowest BCUT2D eigenvalue weighted by Crippen LogP contribution is -2.07. The Labute approximate surface area is 121 Å². The number of fused-ring (bicyclic) bond motifs is 1. The molecule has 1 heterocycles. The molecule has 3 nitrogen and oxygen atoms in total. The maximum atomic E-state index is 14.0. The fourth-order valence-electron chi connectivity index (χ4n) is 2.24. The maximum absolute atomic E-state index is 14.0. The highest BCUT2D eigenvalue weighted by Crippen LogP contribution is 2.22. The average molecular weight is 281 g/mol. The SMILES string of the molecule is COc1ccc(C(=O)c2nccc3ccccc23)c(F)c1. The Balaban J connectivity index is 2.13. The number of ketones is 1. The van der Waals surface area contributed by atoms with Crippen LogP contribution < -0.4 is 4.74 Å². The van der Waals surface area contributed by atoms with Crippen LogP contribution in [0, 0.1) is 5.82 Å². The van der Waals surface area contributed by atoms with Crippen LogP contribution in [0.1, 0.15) is 16.1 Å². The van der Waals surface area contributed by atoms with Gasteiger partial charge in [-0.25, -0.2) is 4.39 Å². The van der Waals surface area contributed by atoms with E-state index in [1.165, 1.54) is 19.2 Å². The van der Waals surface area contributed by atoms with E-state index in [-0.39, 0.29) is 11.3 Å². The molecule has 0 aliphatic carbocycles. The van der Waals surface area contributed by atoms with Gasteiger partial charge in [0.05, 0.1) is 12.7 Å². The van der Waals surface area contributed by atoms with Crippen molar-refractivity contribution in [2.45, 2.75) is 0 Å². The van der Waals surface area contributed by atoms with Gasteiger partial charge < -0.3 is 4.74 Å². The molecule has 0 spiro atoms. The summed E-state index contributed by atoms with van der Waals surface area (Å²) in [6.45, 7) is 0. The highest BCUT2D eigenvalue weighted by molar-refractivity contribution is 6.15. The first-order valence-corrected chi connectivity index (χ1v) is 6.42. The van der Waals surface area contributed by atoms with Crippen LogP contribution in [0.5, 0.6) is 5.75 Å². The number of ether oxygens (including phenoxy) is 1. The minimum Gasteiger partial charge on any atom is -0.497 e. The molecule has 0 amide bonds. The van der Waals surface area contributed by atoms with Crippen molar-refractivity contribution in [1.29, 1.82) is 0 Å². The molecule has 1 aromatic heterocycles. The number of hydrogen-bond donors (Lipinski definition) is 0. The molecule has 0 saturated carbocycles. The number of aromatic nitrogens is 1. The third-order valence-electron chi connectivity index (χ3n) is 3.31. The smallest absolute Gasteiger partial charge is 0.214 e. The first-order valence-electron chi connectivity index (χ1n) is 6.42. The lowest BCUT2D eigenvalue weighted by molar-refractivity contribution is 0.103. The minimum absolute atomic E-state index is 0.0142. The summed E-state index contributed by atoms with van der Waals surface area (Å²) in [5, 5.41) is 1.60. The number of carbonyl (C=O) groups is 1. The molecule has 0 bridgehead atoms.